The van der Waals surface area contributed by atoms with Crippen molar-refractivity contribution in [1.82, 2.24) is 0 Å². The largest absolute Gasteiger partial charge is 0.488 e. The van der Waals surface area contributed by atoms with Crippen molar-refractivity contribution in [3.05, 3.63) is 96.1 Å². The van der Waals surface area contributed by atoms with Crippen LogP contribution in [0.2, 0.25) is 0 Å². The van der Waals surface area contributed by atoms with Crippen molar-refractivity contribution >= 4 is 51.0 Å². The van der Waals surface area contributed by atoms with E-state index >= 15 is 0 Å². The third kappa shape index (κ3) is 3.74. The summed E-state index contributed by atoms with van der Waals surface area (Å²) in [6, 6.07) is 27.5. The minimum Gasteiger partial charge on any atom is -0.423 e. The van der Waals surface area contributed by atoms with E-state index < -0.39 is 7.12 Å². The van der Waals surface area contributed by atoms with Crippen molar-refractivity contribution in [2.75, 3.05) is 0 Å². The first kappa shape index (κ1) is 21.5. The van der Waals surface area contributed by atoms with E-state index in [9.17, 15) is 10.0 Å². The highest BCUT2D eigenvalue weighted by Crippen LogP contribution is 2.38. The van der Waals surface area contributed by atoms with Gasteiger partial charge in [-0.05, 0) is 85.0 Å². The van der Waals surface area contributed by atoms with Crippen LogP contribution in [0, 0.1) is 0 Å². The Balaban J connectivity index is 0.00000111. The van der Waals surface area contributed by atoms with Crippen LogP contribution in [0.5, 0.6) is 0 Å². The lowest BCUT2D eigenvalue weighted by atomic mass is 9.79. The first-order chi connectivity index (χ1) is 16.2. The lowest BCUT2D eigenvalue weighted by Gasteiger charge is -2.19. The monoisotopic (exact) mass is 430 g/mol. The van der Waals surface area contributed by atoms with Gasteiger partial charge >= 0.3 is 7.12 Å². The van der Waals surface area contributed by atoms with Crippen LogP contribution in [0.1, 0.15) is 31.4 Å². The Morgan fingerprint density at radius 3 is 2.18 bits per heavy atom. The van der Waals surface area contributed by atoms with Gasteiger partial charge in [-0.1, -0.05) is 92.7 Å². The Morgan fingerprint density at radius 2 is 1.39 bits per heavy atom. The molecule has 0 saturated heterocycles. The summed E-state index contributed by atoms with van der Waals surface area (Å²) in [5.74, 6) is 0. The molecule has 0 saturated carbocycles. The van der Waals surface area contributed by atoms with Crippen LogP contribution in [0.4, 0.5) is 0 Å². The van der Waals surface area contributed by atoms with E-state index in [1.807, 2.05) is 26.0 Å². The normalized spacial score (nSPS) is 12.5. The summed E-state index contributed by atoms with van der Waals surface area (Å²) in [7, 11) is -1.45. The Hall–Kier alpha value is -3.40. The van der Waals surface area contributed by atoms with E-state index in [-0.39, 0.29) is 0 Å². The minimum absolute atomic E-state index is 0.513. The zero-order valence-corrected chi connectivity index (χ0v) is 19.0. The van der Waals surface area contributed by atoms with Crippen LogP contribution in [-0.4, -0.2) is 17.2 Å². The Bertz CT molecular complexity index is 1520. The van der Waals surface area contributed by atoms with Gasteiger partial charge in [0.25, 0.3) is 0 Å². The van der Waals surface area contributed by atoms with Gasteiger partial charge in [0.1, 0.15) is 0 Å². The number of hydrogen-bond acceptors (Lipinski definition) is 2. The second-order valence-corrected chi connectivity index (χ2v) is 8.33. The number of rotatable bonds is 2. The van der Waals surface area contributed by atoms with Crippen molar-refractivity contribution < 1.29 is 10.0 Å². The maximum atomic E-state index is 9.48. The molecule has 0 fully saturated rings. The number of hydrogen-bond donors (Lipinski definition) is 2. The maximum Gasteiger partial charge on any atom is 0.488 e. The van der Waals surface area contributed by atoms with E-state index in [0.29, 0.717) is 5.46 Å². The molecule has 0 atom stereocenters. The summed E-state index contributed by atoms with van der Waals surface area (Å²) in [6.07, 6.45) is 6.71. The molecule has 1 aliphatic carbocycles. The van der Waals surface area contributed by atoms with Gasteiger partial charge in [-0.25, -0.2) is 0 Å². The van der Waals surface area contributed by atoms with E-state index in [1.54, 1.807) is 6.07 Å². The van der Waals surface area contributed by atoms with Crippen LogP contribution < -0.4 is 5.46 Å². The smallest absolute Gasteiger partial charge is 0.423 e. The molecule has 2 nitrogen and oxygen atoms in total. The first-order valence-electron chi connectivity index (χ1n) is 11.7. The summed E-state index contributed by atoms with van der Waals surface area (Å²) in [5.41, 5.74) is 5.86. The van der Waals surface area contributed by atoms with Crippen molar-refractivity contribution in [2.24, 2.45) is 0 Å². The molecule has 0 spiro atoms. The van der Waals surface area contributed by atoms with Gasteiger partial charge in [0.15, 0.2) is 0 Å². The van der Waals surface area contributed by atoms with Gasteiger partial charge < -0.3 is 10.0 Å². The third-order valence-corrected chi connectivity index (χ3v) is 6.52. The first-order valence-corrected chi connectivity index (χ1v) is 11.7. The lowest BCUT2D eigenvalue weighted by Crippen LogP contribution is -2.29. The molecule has 1 aliphatic rings. The van der Waals surface area contributed by atoms with E-state index in [0.717, 1.165) is 23.6 Å². The molecule has 0 amide bonds. The summed E-state index contributed by atoms with van der Waals surface area (Å²) in [5, 5.41) is 26.1. The molecule has 33 heavy (non-hydrogen) atoms. The predicted molar refractivity (Wildman–Crippen MR) is 143 cm³/mol. The highest BCUT2D eigenvalue weighted by Gasteiger charge is 2.16. The van der Waals surface area contributed by atoms with Crippen LogP contribution in [0.3, 0.4) is 0 Å². The van der Waals surface area contributed by atoms with Gasteiger partial charge in [0, 0.05) is 0 Å². The van der Waals surface area contributed by atoms with Gasteiger partial charge in [-0.15, -0.1) is 0 Å². The number of allylic oxidation sites excluding steroid dienone is 1. The fourth-order valence-corrected chi connectivity index (χ4v) is 4.98. The topological polar surface area (TPSA) is 40.5 Å². The Kier molecular flexibility index (Phi) is 5.76. The van der Waals surface area contributed by atoms with Crippen molar-refractivity contribution in [2.45, 2.75) is 26.7 Å². The van der Waals surface area contributed by atoms with Gasteiger partial charge in [0.2, 0.25) is 0 Å². The zero-order chi connectivity index (χ0) is 22.9. The van der Waals surface area contributed by atoms with Gasteiger partial charge in [0.05, 0.1) is 0 Å². The average molecular weight is 430 g/mol. The Morgan fingerprint density at radius 1 is 0.697 bits per heavy atom. The van der Waals surface area contributed by atoms with Crippen molar-refractivity contribution in [3.8, 4) is 11.1 Å². The van der Waals surface area contributed by atoms with Crippen molar-refractivity contribution in [3.63, 3.8) is 0 Å². The van der Waals surface area contributed by atoms with Crippen LogP contribution >= 0.6 is 0 Å². The molecule has 0 unspecified atom stereocenters. The predicted octanol–water partition coefficient (Wildman–Crippen LogP) is 6.48. The lowest BCUT2D eigenvalue weighted by molar-refractivity contribution is 0.426. The van der Waals surface area contributed by atoms with Crippen molar-refractivity contribution in [1.29, 1.82) is 0 Å². The minimum atomic E-state index is -1.45. The standard InChI is InChI=1S/C28H21BO2.C2H6/c30-29(31)22-12-14-25-21(16-22)10-9-19-15-20(11-13-24(19)25)28-17-18-5-1-2-6-23(18)26-7-3-4-8-27(26)28;1-2/h1-3,5-7,9-17,30-31H,4,8H2;1-2H3. The van der Waals surface area contributed by atoms with E-state index in [2.05, 4.69) is 72.8 Å². The molecule has 162 valence electrons. The van der Waals surface area contributed by atoms with E-state index in [4.69, 9.17) is 0 Å². The summed E-state index contributed by atoms with van der Waals surface area (Å²) in [6.45, 7) is 4.00. The second-order valence-electron chi connectivity index (χ2n) is 8.33. The molecule has 0 aromatic heterocycles. The molecular weight excluding hydrogens is 403 g/mol. The SMILES string of the molecule is CC.OB(O)c1ccc2c(ccc3cc(-c4cc5ccccc5c5c4CCC=C5)ccc32)c1. The molecule has 0 heterocycles. The quantitative estimate of drug-likeness (QED) is 0.249. The summed E-state index contributed by atoms with van der Waals surface area (Å²) < 4.78 is 0. The molecule has 5 aromatic carbocycles. The second kappa shape index (κ2) is 8.86. The van der Waals surface area contributed by atoms with Crippen LogP contribution in [0.25, 0.3) is 49.5 Å². The molecular formula is C30H27BO2. The fraction of sp³-hybridized carbons (Fsp3) is 0.133. The fourth-order valence-electron chi connectivity index (χ4n) is 4.98. The third-order valence-electron chi connectivity index (χ3n) is 6.52. The maximum absolute atomic E-state index is 9.48. The van der Waals surface area contributed by atoms with Crippen LogP contribution in [-0.2, 0) is 6.42 Å². The molecule has 5 aromatic rings. The summed E-state index contributed by atoms with van der Waals surface area (Å²) in [4.78, 5) is 0. The molecule has 0 aliphatic heterocycles. The average Bonchev–Trinajstić information content (AvgIpc) is 2.88. The van der Waals surface area contributed by atoms with E-state index in [1.165, 1.54) is 43.8 Å². The highest BCUT2D eigenvalue weighted by atomic mass is 16.4. The summed E-state index contributed by atoms with van der Waals surface area (Å²) >= 11 is 0. The highest BCUT2D eigenvalue weighted by molar-refractivity contribution is 6.59. The zero-order valence-electron chi connectivity index (χ0n) is 19.0. The number of fused-ring (bicyclic) bond motifs is 6. The molecule has 2 N–H and O–H groups in total. The molecule has 0 radical (unpaired) electrons. The van der Waals surface area contributed by atoms with Gasteiger partial charge in [-0.3, -0.25) is 0 Å². The molecule has 3 heteroatoms. The Labute approximate surface area is 195 Å². The molecule has 0 bridgehead atoms. The van der Waals surface area contributed by atoms with Crippen LogP contribution in [0.15, 0.2) is 84.9 Å². The van der Waals surface area contributed by atoms with Gasteiger partial charge in [-0.2, -0.15) is 0 Å². The molecule has 6 rings (SSSR count). The number of benzene rings is 5.